The summed E-state index contributed by atoms with van der Waals surface area (Å²) in [5.74, 6) is 0. The molecule has 2 fully saturated rings. The largest absolute Gasteiger partial charge is 0.315 e. The van der Waals surface area contributed by atoms with E-state index in [1.807, 2.05) is 11.3 Å². The molecule has 1 aromatic rings. The predicted octanol–water partition coefficient (Wildman–Crippen LogP) is 4.44. The average Bonchev–Trinajstić information content (AvgIpc) is 3.15. The number of nitrogens with one attached hydrogen (secondary N) is 1. The fourth-order valence-corrected chi connectivity index (χ4v) is 5.96. The highest BCUT2D eigenvalue weighted by Crippen LogP contribution is 2.41. The van der Waals surface area contributed by atoms with Crippen LogP contribution in [0.15, 0.2) is 15.9 Å². The molecule has 1 saturated heterocycles. The molecule has 21 heavy (non-hydrogen) atoms. The molecule has 1 aliphatic heterocycles. The second-order valence-corrected chi connectivity index (χ2v) is 9.16. The minimum absolute atomic E-state index is 0.408. The SMILES string of the molecule is CNC(Cc1ccc(Br)s1)C1(N2CCCCC2)CCCC1. The molecule has 1 unspecified atom stereocenters. The maximum Gasteiger partial charge on any atom is 0.0701 e. The fraction of sp³-hybridized carbons (Fsp3) is 0.765. The number of rotatable bonds is 5. The standard InChI is InChI=1S/C17H27BrN2S/c1-19-15(13-14-7-8-16(18)21-14)17(9-3-4-10-17)20-11-5-2-6-12-20/h7-8,15,19H,2-6,9-13H2,1H3. The average molecular weight is 371 g/mol. The second-order valence-electron chi connectivity index (χ2n) is 6.61. The van der Waals surface area contributed by atoms with Crippen LogP contribution in [0.5, 0.6) is 0 Å². The molecule has 2 nitrogen and oxygen atoms in total. The summed E-state index contributed by atoms with van der Waals surface area (Å²) in [5, 5.41) is 3.69. The van der Waals surface area contributed by atoms with Gasteiger partial charge in [-0.05, 0) is 80.3 Å². The van der Waals surface area contributed by atoms with E-state index in [1.54, 1.807) is 0 Å². The van der Waals surface area contributed by atoms with Gasteiger partial charge in [-0.2, -0.15) is 0 Å². The van der Waals surface area contributed by atoms with Crippen molar-refractivity contribution < 1.29 is 0 Å². The van der Waals surface area contributed by atoms with Crippen molar-refractivity contribution in [1.82, 2.24) is 10.2 Å². The van der Waals surface area contributed by atoms with E-state index >= 15 is 0 Å². The molecular formula is C17H27BrN2S. The van der Waals surface area contributed by atoms with Crippen molar-refractivity contribution in [2.24, 2.45) is 0 Å². The maximum atomic E-state index is 3.69. The Hall–Kier alpha value is 0.1000. The highest BCUT2D eigenvalue weighted by atomic mass is 79.9. The van der Waals surface area contributed by atoms with Gasteiger partial charge in [-0.3, -0.25) is 4.90 Å². The minimum Gasteiger partial charge on any atom is -0.315 e. The van der Waals surface area contributed by atoms with Gasteiger partial charge < -0.3 is 5.32 Å². The van der Waals surface area contributed by atoms with Gasteiger partial charge in [0.15, 0.2) is 0 Å². The molecule has 118 valence electrons. The Kier molecular flexibility index (Phi) is 5.41. The first-order valence-electron chi connectivity index (χ1n) is 8.41. The zero-order valence-electron chi connectivity index (χ0n) is 13.0. The first-order valence-corrected chi connectivity index (χ1v) is 10.0. The Morgan fingerprint density at radius 3 is 2.48 bits per heavy atom. The summed E-state index contributed by atoms with van der Waals surface area (Å²) < 4.78 is 1.26. The summed E-state index contributed by atoms with van der Waals surface area (Å²) in [7, 11) is 2.16. The molecule has 1 aromatic heterocycles. The molecule has 0 amide bonds. The number of hydrogen-bond acceptors (Lipinski definition) is 3. The molecule has 0 aromatic carbocycles. The third-order valence-electron chi connectivity index (χ3n) is 5.49. The molecule has 0 radical (unpaired) electrons. The van der Waals surface area contributed by atoms with Crippen LogP contribution in [0.25, 0.3) is 0 Å². The number of likely N-dealkylation sites (N-methyl/N-ethyl adjacent to an activating group) is 1. The minimum atomic E-state index is 0.408. The Bertz CT molecular complexity index is 447. The highest BCUT2D eigenvalue weighted by molar-refractivity contribution is 9.11. The van der Waals surface area contributed by atoms with Crippen molar-refractivity contribution in [2.75, 3.05) is 20.1 Å². The molecular weight excluding hydrogens is 344 g/mol. The monoisotopic (exact) mass is 370 g/mol. The first-order chi connectivity index (χ1) is 10.2. The molecule has 1 aliphatic carbocycles. The van der Waals surface area contributed by atoms with Gasteiger partial charge in [-0.15, -0.1) is 11.3 Å². The van der Waals surface area contributed by atoms with Crippen molar-refractivity contribution in [3.8, 4) is 0 Å². The van der Waals surface area contributed by atoms with E-state index in [9.17, 15) is 0 Å². The van der Waals surface area contributed by atoms with Crippen LogP contribution in [0, 0.1) is 0 Å². The smallest absolute Gasteiger partial charge is 0.0701 e. The highest BCUT2D eigenvalue weighted by Gasteiger charge is 2.45. The van der Waals surface area contributed by atoms with E-state index in [2.05, 4.69) is 45.3 Å². The topological polar surface area (TPSA) is 15.3 Å². The van der Waals surface area contributed by atoms with Crippen LogP contribution < -0.4 is 5.32 Å². The van der Waals surface area contributed by atoms with Crippen LogP contribution in [-0.2, 0) is 6.42 Å². The number of thiophene rings is 1. The Balaban J connectivity index is 1.79. The first kappa shape index (κ1) is 16.0. The zero-order chi connectivity index (χ0) is 14.7. The van der Waals surface area contributed by atoms with Crippen molar-refractivity contribution in [3.63, 3.8) is 0 Å². The summed E-state index contributed by atoms with van der Waals surface area (Å²) in [6.45, 7) is 2.62. The molecule has 0 spiro atoms. The maximum absolute atomic E-state index is 3.69. The lowest BCUT2D eigenvalue weighted by Crippen LogP contribution is -2.61. The van der Waals surface area contributed by atoms with Crippen molar-refractivity contribution in [2.45, 2.75) is 62.9 Å². The van der Waals surface area contributed by atoms with Gasteiger partial charge in [0.2, 0.25) is 0 Å². The number of hydrogen-bond donors (Lipinski definition) is 1. The van der Waals surface area contributed by atoms with Crippen LogP contribution in [0.4, 0.5) is 0 Å². The van der Waals surface area contributed by atoms with E-state index in [-0.39, 0.29) is 0 Å². The molecule has 1 atom stereocenters. The fourth-order valence-electron chi connectivity index (χ4n) is 4.43. The quantitative estimate of drug-likeness (QED) is 0.823. The lowest BCUT2D eigenvalue weighted by molar-refractivity contribution is 0.0391. The van der Waals surface area contributed by atoms with Gasteiger partial charge in [0, 0.05) is 16.5 Å². The summed E-state index contributed by atoms with van der Waals surface area (Å²) in [6.07, 6.45) is 10.9. The van der Waals surface area contributed by atoms with Crippen LogP contribution in [0.3, 0.4) is 0 Å². The predicted molar refractivity (Wildman–Crippen MR) is 95.2 cm³/mol. The number of likely N-dealkylation sites (tertiary alicyclic amines) is 1. The van der Waals surface area contributed by atoms with Gasteiger partial charge >= 0.3 is 0 Å². The third-order valence-corrected chi connectivity index (χ3v) is 7.13. The molecule has 3 rings (SSSR count). The van der Waals surface area contributed by atoms with E-state index < -0.39 is 0 Å². The molecule has 2 aliphatic rings. The molecule has 4 heteroatoms. The summed E-state index contributed by atoms with van der Waals surface area (Å²) in [4.78, 5) is 4.34. The summed E-state index contributed by atoms with van der Waals surface area (Å²) in [6, 6.07) is 5.07. The molecule has 1 saturated carbocycles. The number of nitrogens with zero attached hydrogens (tertiary/aromatic N) is 1. The van der Waals surface area contributed by atoms with Crippen LogP contribution >= 0.6 is 27.3 Å². The van der Waals surface area contributed by atoms with Gasteiger partial charge in [0.05, 0.1) is 3.79 Å². The number of piperidine rings is 1. The van der Waals surface area contributed by atoms with E-state index in [0.717, 1.165) is 0 Å². The lowest BCUT2D eigenvalue weighted by Gasteiger charge is -2.48. The van der Waals surface area contributed by atoms with Gasteiger partial charge in [-0.1, -0.05) is 19.3 Å². The number of halogens is 1. The van der Waals surface area contributed by atoms with Crippen LogP contribution in [0.1, 0.15) is 49.8 Å². The van der Waals surface area contributed by atoms with E-state index in [4.69, 9.17) is 0 Å². The van der Waals surface area contributed by atoms with Gasteiger partial charge in [0.25, 0.3) is 0 Å². The summed E-state index contributed by atoms with van der Waals surface area (Å²) in [5.41, 5.74) is 0.408. The van der Waals surface area contributed by atoms with Crippen LogP contribution in [0.2, 0.25) is 0 Å². The molecule has 2 heterocycles. The second kappa shape index (κ2) is 7.12. The van der Waals surface area contributed by atoms with E-state index in [0.29, 0.717) is 11.6 Å². The summed E-state index contributed by atoms with van der Waals surface area (Å²) >= 11 is 5.50. The molecule has 0 bridgehead atoms. The van der Waals surface area contributed by atoms with Crippen molar-refractivity contribution in [1.29, 1.82) is 0 Å². The van der Waals surface area contributed by atoms with Crippen LogP contribution in [-0.4, -0.2) is 36.6 Å². The van der Waals surface area contributed by atoms with Gasteiger partial charge in [-0.25, -0.2) is 0 Å². The molecule has 1 N–H and O–H groups in total. The Morgan fingerprint density at radius 1 is 1.19 bits per heavy atom. The lowest BCUT2D eigenvalue weighted by atomic mass is 9.82. The Morgan fingerprint density at radius 2 is 1.90 bits per heavy atom. The third kappa shape index (κ3) is 3.39. The normalized spacial score (nSPS) is 24.3. The van der Waals surface area contributed by atoms with Gasteiger partial charge in [0.1, 0.15) is 0 Å². The van der Waals surface area contributed by atoms with E-state index in [1.165, 1.54) is 73.1 Å². The van der Waals surface area contributed by atoms with Crippen molar-refractivity contribution in [3.05, 3.63) is 20.8 Å². The Labute approximate surface area is 141 Å². The van der Waals surface area contributed by atoms with Crippen molar-refractivity contribution >= 4 is 27.3 Å². The zero-order valence-corrected chi connectivity index (χ0v) is 15.4.